The minimum atomic E-state index is -0.810. The number of hydrogen-bond acceptors (Lipinski definition) is 7. The Balaban J connectivity index is 1.94. The van der Waals surface area contributed by atoms with Gasteiger partial charge in [-0.3, -0.25) is 10.1 Å². The molecule has 0 saturated heterocycles. The van der Waals surface area contributed by atoms with Crippen LogP contribution in [0.5, 0.6) is 0 Å². The smallest absolute Gasteiger partial charge is 0.413 e. The Bertz CT molecular complexity index is 718. The van der Waals surface area contributed by atoms with Gasteiger partial charge in [-0.2, -0.15) is 0 Å². The second kappa shape index (κ2) is 8.25. The molecule has 0 aliphatic heterocycles. The third kappa shape index (κ3) is 5.04. The lowest BCUT2D eigenvalue weighted by atomic mass is 10.2. The molecule has 2 rings (SSSR count). The lowest BCUT2D eigenvalue weighted by molar-refractivity contribution is -0.106. The van der Waals surface area contributed by atoms with Gasteiger partial charge in [-0.15, -0.1) is 11.3 Å². The number of benzene rings is 1. The molecule has 1 amide bonds. The van der Waals surface area contributed by atoms with Gasteiger partial charge in [0.25, 0.3) is 5.24 Å². The molecule has 0 saturated carbocycles. The zero-order chi connectivity index (χ0) is 16.7. The molecule has 1 aromatic carbocycles. The van der Waals surface area contributed by atoms with E-state index in [4.69, 9.17) is 16.3 Å². The third-order valence-corrected chi connectivity index (χ3v) is 3.47. The van der Waals surface area contributed by atoms with E-state index < -0.39 is 11.3 Å². The van der Waals surface area contributed by atoms with Gasteiger partial charge in [0, 0.05) is 5.38 Å². The van der Waals surface area contributed by atoms with Gasteiger partial charge < -0.3 is 9.57 Å². The first kappa shape index (κ1) is 16.9. The number of nitrogens with one attached hydrogen (secondary N) is 1. The first-order valence-corrected chi connectivity index (χ1v) is 7.60. The molecule has 0 fully saturated rings. The number of thiazole rings is 1. The van der Waals surface area contributed by atoms with Crippen molar-refractivity contribution < 1.29 is 19.2 Å². The number of halogens is 1. The van der Waals surface area contributed by atoms with Crippen LogP contribution in [0.1, 0.15) is 11.3 Å². The Morgan fingerprint density at radius 2 is 2.09 bits per heavy atom. The summed E-state index contributed by atoms with van der Waals surface area (Å²) >= 11 is 6.49. The van der Waals surface area contributed by atoms with Gasteiger partial charge in [-0.1, -0.05) is 35.5 Å². The molecule has 0 aliphatic carbocycles. The van der Waals surface area contributed by atoms with Crippen molar-refractivity contribution in [2.45, 2.75) is 6.61 Å². The predicted molar refractivity (Wildman–Crippen MR) is 86.8 cm³/mol. The van der Waals surface area contributed by atoms with Gasteiger partial charge in [-0.05, 0) is 17.2 Å². The lowest BCUT2D eigenvalue weighted by Crippen LogP contribution is -2.14. The fourth-order valence-electron chi connectivity index (χ4n) is 1.56. The highest BCUT2D eigenvalue weighted by atomic mass is 35.5. The zero-order valence-corrected chi connectivity index (χ0v) is 13.6. The molecule has 1 N–H and O–H groups in total. The van der Waals surface area contributed by atoms with Gasteiger partial charge in [0.05, 0.1) is 0 Å². The van der Waals surface area contributed by atoms with E-state index in [0.717, 1.165) is 16.9 Å². The molecule has 0 spiro atoms. The van der Waals surface area contributed by atoms with Crippen molar-refractivity contribution in [2.75, 3.05) is 12.4 Å². The van der Waals surface area contributed by atoms with E-state index in [1.54, 1.807) is 0 Å². The fraction of sp³-hybridized carbons (Fsp3) is 0.143. The molecule has 7 nitrogen and oxygen atoms in total. The average molecular weight is 354 g/mol. The molecule has 0 aliphatic rings. The largest absolute Gasteiger partial charge is 0.444 e. The van der Waals surface area contributed by atoms with Crippen LogP contribution in [0.3, 0.4) is 0 Å². The molecule has 2 aromatic rings. The highest BCUT2D eigenvalue weighted by Gasteiger charge is 2.17. The molecule has 1 aromatic heterocycles. The minimum absolute atomic E-state index is 0.140. The summed E-state index contributed by atoms with van der Waals surface area (Å²) in [5, 5.41) is 6.92. The molecule has 120 valence electrons. The normalized spacial score (nSPS) is 11.0. The Kier molecular flexibility index (Phi) is 6.07. The number of anilines is 1. The average Bonchev–Trinajstić information content (AvgIpc) is 2.99. The minimum Gasteiger partial charge on any atom is -0.444 e. The number of rotatable bonds is 6. The fourth-order valence-corrected chi connectivity index (χ4v) is 2.37. The van der Waals surface area contributed by atoms with Gasteiger partial charge in [-0.25, -0.2) is 9.78 Å². The van der Waals surface area contributed by atoms with Crippen LogP contribution in [0.4, 0.5) is 9.93 Å². The Morgan fingerprint density at radius 1 is 1.35 bits per heavy atom. The van der Waals surface area contributed by atoms with Crippen LogP contribution in [0.25, 0.3) is 0 Å². The van der Waals surface area contributed by atoms with Crippen LogP contribution in [-0.4, -0.2) is 29.1 Å². The summed E-state index contributed by atoms with van der Waals surface area (Å²) in [6.07, 6.45) is -0.655. The zero-order valence-electron chi connectivity index (χ0n) is 12.0. The summed E-state index contributed by atoms with van der Waals surface area (Å²) < 4.78 is 5.07. The van der Waals surface area contributed by atoms with Crippen LogP contribution >= 0.6 is 22.9 Å². The van der Waals surface area contributed by atoms with Gasteiger partial charge >= 0.3 is 6.09 Å². The Labute approximate surface area is 140 Å². The van der Waals surface area contributed by atoms with Gasteiger partial charge in [0.15, 0.2) is 10.8 Å². The summed E-state index contributed by atoms with van der Waals surface area (Å²) in [5.74, 6) is 0. The number of oxime groups is 1. The predicted octanol–water partition coefficient (Wildman–Crippen LogP) is 3.01. The van der Waals surface area contributed by atoms with Gasteiger partial charge in [0.1, 0.15) is 19.4 Å². The molecule has 9 heteroatoms. The van der Waals surface area contributed by atoms with Crippen molar-refractivity contribution in [3.63, 3.8) is 0 Å². The third-order valence-electron chi connectivity index (χ3n) is 2.54. The number of nitrogens with zero attached hydrogens (tertiary/aromatic N) is 2. The topological polar surface area (TPSA) is 89.9 Å². The van der Waals surface area contributed by atoms with E-state index >= 15 is 0 Å². The van der Waals surface area contributed by atoms with Crippen LogP contribution < -0.4 is 5.32 Å². The monoisotopic (exact) mass is 353 g/mol. The number of aromatic nitrogens is 1. The van der Waals surface area contributed by atoms with E-state index in [1.165, 1.54) is 12.5 Å². The molecule has 23 heavy (non-hydrogen) atoms. The van der Waals surface area contributed by atoms with E-state index in [1.807, 2.05) is 30.3 Å². The number of carbonyl (C=O) groups excluding carboxylic acids is 2. The summed E-state index contributed by atoms with van der Waals surface area (Å²) in [6, 6.07) is 9.26. The maximum absolute atomic E-state index is 11.7. The van der Waals surface area contributed by atoms with Crippen LogP contribution in [0.15, 0.2) is 40.9 Å². The quantitative estimate of drug-likeness (QED) is 0.490. The van der Waals surface area contributed by atoms with E-state index in [-0.39, 0.29) is 23.1 Å². The molecule has 0 radical (unpaired) electrons. The first-order chi connectivity index (χ1) is 11.1. The summed E-state index contributed by atoms with van der Waals surface area (Å²) in [6.45, 7) is 0.140. The molecule has 0 bridgehead atoms. The maximum Gasteiger partial charge on any atom is 0.413 e. The molecule has 0 atom stereocenters. The molecular formula is C14H12ClN3O4S. The van der Waals surface area contributed by atoms with Crippen molar-refractivity contribution in [2.24, 2.45) is 5.16 Å². The van der Waals surface area contributed by atoms with E-state index in [9.17, 15) is 9.59 Å². The summed E-state index contributed by atoms with van der Waals surface area (Å²) in [5.41, 5.74) is 0.927. The molecule has 1 heterocycles. The van der Waals surface area contributed by atoms with Crippen molar-refractivity contribution in [3.8, 4) is 0 Å². The molecule has 0 unspecified atom stereocenters. The Hall–Kier alpha value is -2.45. The number of hydrogen-bond donors (Lipinski definition) is 1. The van der Waals surface area contributed by atoms with Crippen molar-refractivity contribution in [1.82, 2.24) is 4.98 Å². The van der Waals surface area contributed by atoms with Crippen LogP contribution in [-0.2, 0) is 21.0 Å². The number of amides is 1. The van der Waals surface area contributed by atoms with E-state index in [0.29, 0.717) is 0 Å². The second-order valence-electron chi connectivity index (χ2n) is 4.12. The Morgan fingerprint density at radius 3 is 2.74 bits per heavy atom. The number of carbonyl (C=O) groups is 2. The van der Waals surface area contributed by atoms with Crippen molar-refractivity contribution >= 4 is 45.1 Å². The SMILES string of the molecule is CO/N=C(\C(=O)Cl)c1csc(NC(=O)OCc2ccccc2)n1. The van der Waals surface area contributed by atoms with Gasteiger partial charge in [0.2, 0.25) is 0 Å². The van der Waals surface area contributed by atoms with Crippen molar-refractivity contribution in [1.29, 1.82) is 0 Å². The highest BCUT2D eigenvalue weighted by Crippen LogP contribution is 2.17. The first-order valence-electron chi connectivity index (χ1n) is 6.34. The second-order valence-corrected chi connectivity index (χ2v) is 5.32. The summed E-state index contributed by atoms with van der Waals surface area (Å²) in [4.78, 5) is 31.5. The van der Waals surface area contributed by atoms with Crippen LogP contribution in [0, 0.1) is 0 Å². The molecular weight excluding hydrogens is 342 g/mol. The number of ether oxygens (including phenoxy) is 1. The summed E-state index contributed by atoms with van der Waals surface area (Å²) in [7, 11) is 1.28. The highest BCUT2D eigenvalue weighted by molar-refractivity contribution is 7.14. The van der Waals surface area contributed by atoms with E-state index in [2.05, 4.69) is 20.3 Å². The van der Waals surface area contributed by atoms with Crippen LogP contribution in [0.2, 0.25) is 0 Å². The van der Waals surface area contributed by atoms with Crippen molar-refractivity contribution in [3.05, 3.63) is 47.0 Å². The lowest BCUT2D eigenvalue weighted by Gasteiger charge is -2.04. The maximum atomic E-state index is 11.7. The standard InChI is InChI=1S/C14H12ClN3O4S/c1-21-18-11(12(15)19)10-8-23-13(16-10)17-14(20)22-7-9-5-3-2-4-6-9/h2-6,8H,7H2,1H3,(H,16,17,20)/b18-11-.